The second kappa shape index (κ2) is 8.97. The lowest BCUT2D eigenvalue weighted by atomic mass is 9.94. The number of furan rings is 1. The number of rotatable bonds is 3. The third-order valence-corrected chi connectivity index (χ3v) is 7.00. The van der Waals surface area contributed by atoms with Crippen molar-refractivity contribution < 1.29 is 20.2 Å². The fourth-order valence-corrected chi connectivity index (χ4v) is 5.00. The summed E-state index contributed by atoms with van der Waals surface area (Å²) >= 11 is 0. The second-order valence-corrected chi connectivity index (χ2v) is 9.49. The molecule has 0 spiro atoms. The van der Waals surface area contributed by atoms with Gasteiger partial charge in [-0.2, -0.15) is 9.83 Å². The molecule has 0 saturated carbocycles. The summed E-state index contributed by atoms with van der Waals surface area (Å²) in [6, 6.07) is 25.1. The Hall–Kier alpha value is -4.75. The standard InChI is InChI=1S/C34H26FN2O/c1-20-5-8-23(9-6-20)24-10-12-25(13-11-24)32-26(18-36)14-16-28-27-15-7-21(2)31(33(27)38-34(28)32)30-17-22(3)29(35)19-37(30)4/h5-17,19H,1-4H3/q+1/i3D3,17D,19D. The van der Waals surface area contributed by atoms with Crippen LogP contribution in [0.1, 0.15) is 29.1 Å². The van der Waals surface area contributed by atoms with Gasteiger partial charge in [0.15, 0.2) is 5.82 Å². The number of fused-ring (bicyclic) bond motifs is 3. The van der Waals surface area contributed by atoms with Gasteiger partial charge in [0.25, 0.3) is 0 Å². The van der Waals surface area contributed by atoms with Gasteiger partial charge in [-0.1, -0.05) is 66.2 Å². The molecular weight excluding hydrogens is 471 g/mol. The van der Waals surface area contributed by atoms with E-state index in [4.69, 9.17) is 11.3 Å². The van der Waals surface area contributed by atoms with Gasteiger partial charge in [-0.3, -0.25) is 0 Å². The fourth-order valence-electron chi connectivity index (χ4n) is 5.00. The van der Waals surface area contributed by atoms with E-state index < -0.39 is 30.4 Å². The SMILES string of the molecule is [2H]c1c(C([2H])([2H])[2H])c(F)c([2H])[n+](C)c1-c1c(C)ccc2c1oc1c(-c3ccc(-c4ccc(C)cc4)cc3)c(C#N)ccc12. The highest BCUT2D eigenvalue weighted by atomic mass is 19.1. The van der Waals surface area contributed by atoms with Gasteiger partial charge in [0.1, 0.15) is 19.6 Å². The molecule has 3 nitrogen and oxygen atoms in total. The maximum atomic E-state index is 15.0. The first-order valence-corrected chi connectivity index (χ1v) is 12.2. The molecule has 2 aromatic heterocycles. The number of nitrogens with zero attached hydrogens (tertiary/aromatic N) is 2. The van der Waals surface area contributed by atoms with Crippen LogP contribution in [0.2, 0.25) is 0 Å². The molecule has 4 heteroatoms. The molecular formula is C34H26FN2O+. The average molecular weight is 503 g/mol. The van der Waals surface area contributed by atoms with E-state index in [1.54, 1.807) is 19.1 Å². The summed E-state index contributed by atoms with van der Waals surface area (Å²) in [5, 5.41) is 11.5. The summed E-state index contributed by atoms with van der Waals surface area (Å²) in [7, 11) is 1.43. The number of nitriles is 1. The normalized spacial score (nSPS) is 13.5. The van der Waals surface area contributed by atoms with Gasteiger partial charge in [0.2, 0.25) is 11.9 Å². The minimum atomic E-state index is -2.94. The topological polar surface area (TPSA) is 40.8 Å². The number of benzene rings is 4. The van der Waals surface area contributed by atoms with Crippen LogP contribution in [-0.4, -0.2) is 0 Å². The van der Waals surface area contributed by atoms with Gasteiger partial charge >= 0.3 is 0 Å². The fraction of sp³-hybridized carbons (Fsp3) is 0.118. The van der Waals surface area contributed by atoms with Crippen molar-refractivity contribution in [3.8, 4) is 39.6 Å². The van der Waals surface area contributed by atoms with Crippen molar-refractivity contribution in [3.05, 3.63) is 113 Å². The van der Waals surface area contributed by atoms with Crippen LogP contribution in [0.15, 0.2) is 89.4 Å². The molecule has 0 aliphatic heterocycles. The average Bonchev–Trinajstić information content (AvgIpc) is 3.35. The van der Waals surface area contributed by atoms with Crippen molar-refractivity contribution in [2.75, 3.05) is 0 Å². The van der Waals surface area contributed by atoms with E-state index >= 15 is 4.39 Å². The molecule has 184 valence electrons. The lowest BCUT2D eigenvalue weighted by Crippen LogP contribution is -2.31. The maximum Gasteiger partial charge on any atom is 0.216 e. The van der Waals surface area contributed by atoms with E-state index in [0.29, 0.717) is 38.8 Å². The third kappa shape index (κ3) is 3.76. The molecule has 0 atom stereocenters. The second-order valence-electron chi connectivity index (χ2n) is 9.49. The summed E-state index contributed by atoms with van der Waals surface area (Å²) in [6.07, 6.45) is -0.647. The Balaban J connectivity index is 1.63. The van der Waals surface area contributed by atoms with Crippen LogP contribution in [0.5, 0.6) is 0 Å². The minimum absolute atomic E-state index is 0.0594. The molecule has 0 bridgehead atoms. The maximum absolute atomic E-state index is 15.0. The van der Waals surface area contributed by atoms with E-state index in [1.807, 2.05) is 43.3 Å². The van der Waals surface area contributed by atoms with E-state index in [0.717, 1.165) is 22.1 Å². The van der Waals surface area contributed by atoms with Crippen molar-refractivity contribution in [1.82, 2.24) is 0 Å². The summed E-state index contributed by atoms with van der Waals surface area (Å²) < 4.78 is 63.4. The molecule has 38 heavy (non-hydrogen) atoms. The zero-order valence-corrected chi connectivity index (χ0v) is 21.1. The number of halogens is 1. The van der Waals surface area contributed by atoms with E-state index in [9.17, 15) is 5.26 Å². The third-order valence-electron chi connectivity index (χ3n) is 7.00. The highest BCUT2D eigenvalue weighted by molar-refractivity contribution is 6.14. The first kappa shape index (κ1) is 18.5. The highest BCUT2D eigenvalue weighted by Crippen LogP contribution is 2.42. The van der Waals surface area contributed by atoms with Gasteiger partial charge in [-0.15, -0.1) is 0 Å². The zero-order valence-electron chi connectivity index (χ0n) is 26.1. The summed E-state index contributed by atoms with van der Waals surface area (Å²) in [4.78, 5) is 0. The highest BCUT2D eigenvalue weighted by Gasteiger charge is 2.24. The van der Waals surface area contributed by atoms with Crippen LogP contribution in [0.3, 0.4) is 0 Å². The van der Waals surface area contributed by atoms with Gasteiger partial charge < -0.3 is 4.42 Å². The van der Waals surface area contributed by atoms with Crippen molar-refractivity contribution in [2.45, 2.75) is 20.7 Å². The predicted molar refractivity (Wildman–Crippen MR) is 150 cm³/mol. The molecule has 0 aliphatic rings. The molecule has 0 unspecified atom stereocenters. The lowest BCUT2D eigenvalue weighted by Gasteiger charge is -2.08. The van der Waals surface area contributed by atoms with Crippen LogP contribution in [0.25, 0.3) is 55.4 Å². The largest absolute Gasteiger partial charge is 0.454 e. The molecule has 6 aromatic rings. The van der Waals surface area contributed by atoms with Crippen LogP contribution in [0.4, 0.5) is 4.39 Å². The molecule has 0 aliphatic carbocycles. The first-order chi connectivity index (χ1) is 20.4. The molecule has 2 heterocycles. The summed E-state index contributed by atoms with van der Waals surface area (Å²) in [5.41, 5.74) is 6.19. The Bertz CT molecular complexity index is 2120. The quantitative estimate of drug-likeness (QED) is 0.228. The van der Waals surface area contributed by atoms with Crippen molar-refractivity contribution in [3.63, 3.8) is 0 Å². The Morgan fingerprint density at radius 3 is 2.08 bits per heavy atom. The molecule has 0 saturated heterocycles. The number of pyridine rings is 1. The Morgan fingerprint density at radius 1 is 0.816 bits per heavy atom. The van der Waals surface area contributed by atoms with Gasteiger partial charge in [0, 0.05) is 26.5 Å². The van der Waals surface area contributed by atoms with Gasteiger partial charge in [0.05, 0.1) is 18.6 Å². The van der Waals surface area contributed by atoms with Crippen LogP contribution in [0, 0.1) is 37.8 Å². The molecule has 4 aromatic carbocycles. The van der Waals surface area contributed by atoms with E-state index in [-0.39, 0.29) is 5.69 Å². The number of aryl methyl sites for hydroxylation is 2. The molecule has 0 fully saturated rings. The van der Waals surface area contributed by atoms with Crippen molar-refractivity contribution >= 4 is 21.9 Å². The zero-order chi connectivity index (χ0) is 30.8. The minimum Gasteiger partial charge on any atom is -0.454 e. The summed E-state index contributed by atoms with van der Waals surface area (Å²) in [6.45, 7) is 0.889. The number of hydrogen-bond donors (Lipinski definition) is 0. The van der Waals surface area contributed by atoms with E-state index in [1.165, 1.54) is 17.2 Å². The van der Waals surface area contributed by atoms with E-state index in [2.05, 4.69) is 30.3 Å². The van der Waals surface area contributed by atoms with Crippen LogP contribution >= 0.6 is 0 Å². The Morgan fingerprint density at radius 2 is 1.42 bits per heavy atom. The van der Waals surface area contributed by atoms with Crippen LogP contribution < -0.4 is 4.57 Å². The van der Waals surface area contributed by atoms with Crippen molar-refractivity contribution in [2.24, 2.45) is 7.05 Å². The molecule has 0 radical (unpaired) electrons. The Labute approximate surface area is 228 Å². The molecule has 0 amide bonds. The molecule has 6 rings (SSSR count). The number of hydrogen-bond acceptors (Lipinski definition) is 2. The Kier molecular flexibility index (Phi) is 4.36. The van der Waals surface area contributed by atoms with Gasteiger partial charge in [-0.05, 0) is 60.6 Å². The van der Waals surface area contributed by atoms with Gasteiger partial charge in [-0.25, -0.2) is 4.39 Å². The summed E-state index contributed by atoms with van der Waals surface area (Å²) in [5.74, 6) is -1.25. The predicted octanol–water partition coefficient (Wildman–Crippen LogP) is 8.35. The monoisotopic (exact) mass is 502 g/mol. The lowest BCUT2D eigenvalue weighted by molar-refractivity contribution is -0.662. The molecule has 0 N–H and O–H groups in total. The number of aromatic nitrogens is 1. The smallest absolute Gasteiger partial charge is 0.216 e. The van der Waals surface area contributed by atoms with Crippen LogP contribution in [-0.2, 0) is 7.05 Å². The van der Waals surface area contributed by atoms with Crippen molar-refractivity contribution in [1.29, 1.82) is 5.26 Å². The first-order valence-electron chi connectivity index (χ1n) is 14.7.